The number of benzene rings is 1. The maximum atomic E-state index is 10.7. The zero-order valence-corrected chi connectivity index (χ0v) is 12.2. The van der Waals surface area contributed by atoms with Gasteiger partial charge < -0.3 is 9.84 Å². The predicted octanol–water partition coefficient (Wildman–Crippen LogP) is 3.26. The summed E-state index contributed by atoms with van der Waals surface area (Å²) < 4.78 is 4.94. The number of hydrogen-bond acceptors (Lipinski definition) is 5. The van der Waals surface area contributed by atoms with E-state index in [1.165, 1.54) is 18.2 Å². The molecule has 0 saturated carbocycles. The van der Waals surface area contributed by atoms with Crippen LogP contribution in [0.15, 0.2) is 28.8 Å². The van der Waals surface area contributed by atoms with Crippen LogP contribution in [0.5, 0.6) is 0 Å². The Balaban J connectivity index is 0.00000200. The Morgan fingerprint density at radius 3 is 2.75 bits per heavy atom. The molecule has 0 fully saturated rings. The first-order chi connectivity index (χ1) is 9.06. The van der Waals surface area contributed by atoms with Gasteiger partial charge in [0.1, 0.15) is 5.76 Å². The molecule has 20 heavy (non-hydrogen) atoms. The van der Waals surface area contributed by atoms with Gasteiger partial charge in [-0.05, 0) is 18.6 Å². The molecular weight excluding hydrogens is 305 g/mol. The van der Waals surface area contributed by atoms with Crippen molar-refractivity contribution in [3.63, 3.8) is 0 Å². The molecule has 0 aliphatic carbocycles. The van der Waals surface area contributed by atoms with Gasteiger partial charge in [0.25, 0.3) is 5.69 Å². The Morgan fingerprint density at radius 2 is 2.15 bits per heavy atom. The van der Waals surface area contributed by atoms with E-state index in [9.17, 15) is 10.1 Å². The maximum Gasteiger partial charge on any atom is 0.269 e. The number of aromatic nitrogens is 1. The summed E-state index contributed by atoms with van der Waals surface area (Å²) in [6, 6.07) is 6.19. The van der Waals surface area contributed by atoms with Gasteiger partial charge in [-0.2, -0.15) is 0 Å². The molecule has 0 amide bonds. The monoisotopic (exact) mass is 317 g/mol. The number of nitrogens with zero attached hydrogens (tertiary/aromatic N) is 2. The summed E-state index contributed by atoms with van der Waals surface area (Å²) in [7, 11) is 0. The van der Waals surface area contributed by atoms with E-state index in [2.05, 4.69) is 10.5 Å². The van der Waals surface area contributed by atoms with E-state index in [-0.39, 0.29) is 18.1 Å². The number of nitro benzene ring substituents is 1. The van der Waals surface area contributed by atoms with Gasteiger partial charge in [-0.15, -0.1) is 12.4 Å². The molecule has 0 saturated heterocycles. The van der Waals surface area contributed by atoms with E-state index in [0.717, 1.165) is 11.5 Å². The molecule has 2 aromatic rings. The predicted molar refractivity (Wildman–Crippen MR) is 77.1 cm³/mol. The van der Waals surface area contributed by atoms with E-state index >= 15 is 0 Å². The molecule has 0 radical (unpaired) electrons. The summed E-state index contributed by atoms with van der Waals surface area (Å²) in [5.41, 5.74) is 1.48. The topological polar surface area (TPSA) is 81.2 Å². The van der Waals surface area contributed by atoms with Crippen LogP contribution in [0, 0.1) is 17.0 Å². The maximum absolute atomic E-state index is 10.7. The van der Waals surface area contributed by atoms with Gasteiger partial charge in [0.15, 0.2) is 0 Å². The number of nitro groups is 1. The fourth-order valence-electron chi connectivity index (χ4n) is 1.64. The summed E-state index contributed by atoms with van der Waals surface area (Å²) in [5, 5.41) is 18.1. The lowest BCUT2D eigenvalue weighted by molar-refractivity contribution is -0.384. The zero-order chi connectivity index (χ0) is 13.8. The Morgan fingerprint density at radius 1 is 1.40 bits per heavy atom. The van der Waals surface area contributed by atoms with Crippen LogP contribution >= 0.6 is 24.0 Å². The molecule has 0 atom stereocenters. The van der Waals surface area contributed by atoms with Gasteiger partial charge in [0.2, 0.25) is 0 Å². The minimum atomic E-state index is -0.444. The highest BCUT2D eigenvalue weighted by molar-refractivity contribution is 6.31. The molecule has 0 unspecified atom stereocenters. The third-order valence-electron chi connectivity index (χ3n) is 2.54. The molecule has 1 heterocycles. The first-order valence-electron chi connectivity index (χ1n) is 5.62. The number of rotatable bonds is 5. The van der Waals surface area contributed by atoms with Crippen molar-refractivity contribution in [1.29, 1.82) is 0 Å². The molecule has 108 valence electrons. The van der Waals surface area contributed by atoms with Gasteiger partial charge >= 0.3 is 0 Å². The fourth-order valence-corrected chi connectivity index (χ4v) is 1.82. The van der Waals surface area contributed by atoms with E-state index in [1.54, 1.807) is 0 Å². The Labute approximate surface area is 126 Å². The van der Waals surface area contributed by atoms with E-state index in [0.29, 0.717) is 23.7 Å². The molecule has 8 heteroatoms. The molecule has 0 aliphatic rings. The van der Waals surface area contributed by atoms with Crippen LogP contribution in [0.4, 0.5) is 5.69 Å². The highest BCUT2D eigenvalue weighted by Gasteiger charge is 2.09. The largest absolute Gasteiger partial charge is 0.361 e. The van der Waals surface area contributed by atoms with Crippen molar-refractivity contribution in [3.05, 3.63) is 56.4 Å². The summed E-state index contributed by atoms with van der Waals surface area (Å²) >= 11 is 5.99. The van der Waals surface area contributed by atoms with Gasteiger partial charge in [0, 0.05) is 36.3 Å². The van der Waals surface area contributed by atoms with Crippen molar-refractivity contribution >= 4 is 29.7 Å². The lowest BCUT2D eigenvalue weighted by Crippen LogP contribution is -2.13. The number of halogens is 2. The van der Waals surface area contributed by atoms with Crippen molar-refractivity contribution in [2.24, 2.45) is 0 Å². The van der Waals surface area contributed by atoms with E-state index in [1.807, 2.05) is 13.0 Å². The first-order valence-corrected chi connectivity index (χ1v) is 6.00. The molecule has 1 aromatic carbocycles. The van der Waals surface area contributed by atoms with Crippen molar-refractivity contribution in [3.8, 4) is 0 Å². The van der Waals surface area contributed by atoms with E-state index in [4.69, 9.17) is 16.1 Å². The second-order valence-corrected chi connectivity index (χ2v) is 4.47. The summed E-state index contributed by atoms with van der Waals surface area (Å²) in [6.45, 7) is 2.75. The van der Waals surface area contributed by atoms with Gasteiger partial charge in [-0.25, -0.2) is 0 Å². The standard InChI is InChI=1S/C12H12ClN3O3.ClH/c1-8-4-10(15-19-8)7-14-6-9-5-11(16(17)18)2-3-12(9)13;/h2-5,14H,6-7H2,1H3;1H. The molecular formula is C12H13Cl2N3O3. The molecule has 1 aromatic heterocycles. The lowest BCUT2D eigenvalue weighted by Gasteiger charge is -2.05. The molecule has 6 nitrogen and oxygen atoms in total. The molecule has 1 N–H and O–H groups in total. The molecule has 0 aliphatic heterocycles. The Kier molecular flexibility index (Phi) is 5.94. The van der Waals surface area contributed by atoms with Crippen LogP contribution in [-0.4, -0.2) is 10.1 Å². The van der Waals surface area contributed by atoms with Crippen molar-refractivity contribution in [1.82, 2.24) is 10.5 Å². The normalized spacial score (nSPS) is 10.1. The highest BCUT2D eigenvalue weighted by atomic mass is 35.5. The molecule has 2 rings (SSSR count). The SMILES string of the molecule is Cc1cc(CNCc2cc([N+](=O)[O-])ccc2Cl)no1.Cl. The highest BCUT2D eigenvalue weighted by Crippen LogP contribution is 2.21. The van der Waals surface area contributed by atoms with Crippen LogP contribution in [-0.2, 0) is 13.1 Å². The number of hydrogen-bond donors (Lipinski definition) is 1. The third kappa shape index (κ3) is 4.19. The number of aryl methyl sites for hydroxylation is 1. The Bertz CT molecular complexity index is 601. The second-order valence-electron chi connectivity index (χ2n) is 4.07. The van der Waals surface area contributed by atoms with Gasteiger partial charge in [-0.3, -0.25) is 10.1 Å². The molecule has 0 spiro atoms. The lowest BCUT2D eigenvalue weighted by atomic mass is 10.2. The van der Waals surface area contributed by atoms with Crippen molar-refractivity contribution in [2.45, 2.75) is 20.0 Å². The van der Waals surface area contributed by atoms with Crippen molar-refractivity contribution in [2.75, 3.05) is 0 Å². The summed E-state index contributed by atoms with van der Waals surface area (Å²) in [5.74, 6) is 0.741. The van der Waals surface area contributed by atoms with Crippen LogP contribution in [0.1, 0.15) is 17.0 Å². The minimum absolute atomic E-state index is 0. The van der Waals surface area contributed by atoms with Crippen LogP contribution in [0.25, 0.3) is 0 Å². The average Bonchev–Trinajstić information content (AvgIpc) is 2.77. The minimum Gasteiger partial charge on any atom is -0.361 e. The summed E-state index contributed by atoms with van der Waals surface area (Å²) in [6.07, 6.45) is 0. The first kappa shape index (κ1) is 16.4. The zero-order valence-electron chi connectivity index (χ0n) is 10.6. The van der Waals surface area contributed by atoms with Crippen molar-refractivity contribution < 1.29 is 9.45 Å². The second kappa shape index (κ2) is 7.23. The average molecular weight is 318 g/mol. The fraction of sp³-hybridized carbons (Fsp3) is 0.250. The van der Waals surface area contributed by atoms with Crippen LogP contribution in [0.2, 0.25) is 5.02 Å². The van der Waals surface area contributed by atoms with Crippen LogP contribution < -0.4 is 5.32 Å². The molecule has 0 bridgehead atoms. The number of nitrogens with one attached hydrogen (secondary N) is 1. The van der Waals surface area contributed by atoms with Gasteiger partial charge in [0.05, 0.1) is 10.6 Å². The Hall–Kier alpha value is -1.63. The smallest absolute Gasteiger partial charge is 0.269 e. The van der Waals surface area contributed by atoms with Crippen LogP contribution in [0.3, 0.4) is 0 Å². The van der Waals surface area contributed by atoms with E-state index < -0.39 is 4.92 Å². The van der Waals surface area contributed by atoms with Gasteiger partial charge in [-0.1, -0.05) is 16.8 Å². The summed E-state index contributed by atoms with van der Waals surface area (Å²) in [4.78, 5) is 10.2. The quantitative estimate of drug-likeness (QED) is 0.676. The number of non-ortho nitro benzene ring substituents is 1. The third-order valence-corrected chi connectivity index (χ3v) is 2.91.